The molecule has 1 amide bonds. The number of carbonyl (C=O) groups excluding carboxylic acids is 1. The molecule has 2 aromatic carbocycles. The van der Waals surface area contributed by atoms with Crippen molar-refractivity contribution in [3.63, 3.8) is 0 Å². The molecule has 1 aliphatic heterocycles. The van der Waals surface area contributed by atoms with Crippen LogP contribution in [0.3, 0.4) is 0 Å². The molecule has 0 spiro atoms. The lowest BCUT2D eigenvalue weighted by atomic mass is 10.2. The molecule has 2 heterocycles. The van der Waals surface area contributed by atoms with Gasteiger partial charge in [-0.15, -0.1) is 0 Å². The summed E-state index contributed by atoms with van der Waals surface area (Å²) in [5, 5.41) is 0.800. The third-order valence-corrected chi connectivity index (χ3v) is 6.48. The third kappa shape index (κ3) is 5.57. The summed E-state index contributed by atoms with van der Waals surface area (Å²) in [4.78, 5) is 26.3. The number of rotatable bonds is 7. The zero-order valence-corrected chi connectivity index (χ0v) is 20.0. The Morgan fingerprint density at radius 3 is 2.39 bits per heavy atom. The fourth-order valence-corrected chi connectivity index (χ4v) is 4.66. The number of hydrogen-bond donors (Lipinski definition) is 0. The van der Waals surface area contributed by atoms with Crippen molar-refractivity contribution in [3.05, 3.63) is 60.3 Å². The van der Waals surface area contributed by atoms with Crippen molar-refractivity contribution in [1.29, 1.82) is 0 Å². The van der Waals surface area contributed by atoms with Crippen LogP contribution < -0.4 is 14.4 Å². The molecule has 172 valence electrons. The summed E-state index contributed by atoms with van der Waals surface area (Å²) in [6.45, 7) is 4.89. The van der Waals surface area contributed by atoms with Gasteiger partial charge in [-0.1, -0.05) is 23.9 Å². The Morgan fingerprint density at radius 1 is 0.970 bits per heavy atom. The fourth-order valence-electron chi connectivity index (χ4n) is 3.80. The Morgan fingerprint density at radius 2 is 1.70 bits per heavy atom. The number of thioether (sulfide) groups is 1. The summed E-state index contributed by atoms with van der Waals surface area (Å²) in [5.41, 5.74) is 2.86. The largest absolute Gasteiger partial charge is 0.497 e. The molecule has 7 nitrogen and oxygen atoms in total. The smallest absolute Gasteiger partial charge is 0.233 e. The number of nitrogens with zero attached hydrogens (tertiary/aromatic N) is 4. The number of ether oxygens (including phenoxy) is 2. The van der Waals surface area contributed by atoms with Crippen molar-refractivity contribution in [2.45, 2.75) is 11.9 Å². The number of benzene rings is 2. The van der Waals surface area contributed by atoms with Crippen LogP contribution in [0.2, 0.25) is 0 Å². The standard InChI is InChI=1S/C25H28N4O3S/c1-18-16-23(27-25(26-18)19-8-10-20(31-2)11-9-19)33-17-24(30)29-14-12-28(13-15-29)21-6-4-5-7-22(21)32-3/h4-11,16H,12-15,17H2,1-3H3. The number of para-hydroxylation sites is 2. The first kappa shape index (κ1) is 22.9. The Balaban J connectivity index is 1.35. The van der Waals surface area contributed by atoms with Gasteiger partial charge >= 0.3 is 0 Å². The first-order chi connectivity index (χ1) is 16.1. The van der Waals surface area contributed by atoms with E-state index in [0.29, 0.717) is 24.7 Å². The lowest BCUT2D eigenvalue weighted by molar-refractivity contribution is -0.128. The highest BCUT2D eigenvalue weighted by atomic mass is 32.2. The Kier molecular flexibility index (Phi) is 7.34. The average Bonchev–Trinajstić information content (AvgIpc) is 2.87. The Labute approximate surface area is 198 Å². The maximum atomic E-state index is 12.9. The second kappa shape index (κ2) is 10.6. The molecule has 0 saturated carbocycles. The number of aromatic nitrogens is 2. The van der Waals surface area contributed by atoms with E-state index in [9.17, 15) is 4.79 Å². The molecular weight excluding hydrogens is 436 g/mol. The number of hydrogen-bond acceptors (Lipinski definition) is 7. The van der Waals surface area contributed by atoms with Gasteiger partial charge in [-0.25, -0.2) is 9.97 Å². The van der Waals surface area contributed by atoms with E-state index in [-0.39, 0.29) is 5.91 Å². The predicted octanol–water partition coefficient (Wildman–Crippen LogP) is 3.91. The van der Waals surface area contributed by atoms with Crippen LogP contribution in [0.5, 0.6) is 11.5 Å². The van der Waals surface area contributed by atoms with Crippen molar-refractivity contribution in [2.75, 3.05) is 51.1 Å². The van der Waals surface area contributed by atoms with Crippen LogP contribution in [0.4, 0.5) is 5.69 Å². The van der Waals surface area contributed by atoms with Crippen LogP contribution >= 0.6 is 11.8 Å². The summed E-state index contributed by atoms with van der Waals surface area (Å²) in [6.07, 6.45) is 0. The minimum absolute atomic E-state index is 0.127. The van der Waals surface area contributed by atoms with Crippen LogP contribution in [0.25, 0.3) is 11.4 Å². The van der Waals surface area contributed by atoms with Gasteiger partial charge in [0.25, 0.3) is 0 Å². The summed E-state index contributed by atoms with van der Waals surface area (Å²) in [5.74, 6) is 2.78. The molecule has 1 saturated heterocycles. The van der Waals surface area contributed by atoms with Crippen molar-refractivity contribution in [2.24, 2.45) is 0 Å². The number of aryl methyl sites for hydroxylation is 1. The van der Waals surface area contributed by atoms with Crippen LogP contribution in [0.15, 0.2) is 59.6 Å². The van der Waals surface area contributed by atoms with Crippen LogP contribution in [-0.2, 0) is 4.79 Å². The van der Waals surface area contributed by atoms with Crippen molar-refractivity contribution < 1.29 is 14.3 Å². The van der Waals surface area contributed by atoms with Gasteiger partial charge in [0, 0.05) is 37.4 Å². The minimum atomic E-state index is 0.127. The van der Waals surface area contributed by atoms with E-state index in [1.54, 1.807) is 14.2 Å². The SMILES string of the molecule is COc1ccc(-c2nc(C)cc(SCC(=O)N3CCN(c4ccccc4OC)CC3)n2)cc1. The zero-order valence-electron chi connectivity index (χ0n) is 19.2. The van der Waals surface area contributed by atoms with E-state index in [1.165, 1.54) is 11.8 Å². The number of methoxy groups -OCH3 is 2. The average molecular weight is 465 g/mol. The van der Waals surface area contributed by atoms with E-state index in [4.69, 9.17) is 9.47 Å². The fraction of sp³-hybridized carbons (Fsp3) is 0.320. The second-order valence-electron chi connectivity index (χ2n) is 7.73. The number of anilines is 1. The molecular formula is C25H28N4O3S. The molecule has 1 aliphatic rings. The first-order valence-electron chi connectivity index (χ1n) is 10.9. The van der Waals surface area contributed by atoms with Gasteiger partial charge in [0.1, 0.15) is 16.5 Å². The molecule has 0 radical (unpaired) electrons. The summed E-state index contributed by atoms with van der Waals surface area (Å²) >= 11 is 1.46. The van der Waals surface area contributed by atoms with E-state index in [2.05, 4.69) is 20.9 Å². The Hall–Kier alpha value is -3.26. The van der Waals surface area contributed by atoms with Gasteiger partial charge in [0.2, 0.25) is 5.91 Å². The molecule has 0 aliphatic carbocycles. The van der Waals surface area contributed by atoms with Crippen LogP contribution in [0, 0.1) is 6.92 Å². The summed E-state index contributed by atoms with van der Waals surface area (Å²) in [6, 6.07) is 17.6. The molecule has 4 rings (SSSR count). The second-order valence-corrected chi connectivity index (χ2v) is 8.72. The number of carbonyl (C=O) groups is 1. The van der Waals surface area contributed by atoms with E-state index >= 15 is 0 Å². The maximum Gasteiger partial charge on any atom is 0.233 e. The summed E-state index contributed by atoms with van der Waals surface area (Å²) < 4.78 is 10.7. The quantitative estimate of drug-likeness (QED) is 0.388. The highest BCUT2D eigenvalue weighted by Gasteiger charge is 2.23. The third-order valence-electron chi connectivity index (χ3n) is 5.58. The van der Waals surface area contributed by atoms with Crippen LogP contribution in [-0.4, -0.2) is 66.9 Å². The minimum Gasteiger partial charge on any atom is -0.497 e. The van der Waals surface area contributed by atoms with Crippen molar-refractivity contribution in [3.8, 4) is 22.9 Å². The maximum absolute atomic E-state index is 12.9. The summed E-state index contributed by atoms with van der Waals surface area (Å²) in [7, 11) is 3.33. The van der Waals surface area contributed by atoms with Gasteiger partial charge in [0.05, 0.1) is 25.7 Å². The van der Waals surface area contributed by atoms with Gasteiger partial charge in [-0.2, -0.15) is 0 Å². The lowest BCUT2D eigenvalue weighted by Gasteiger charge is -2.36. The molecule has 1 aromatic heterocycles. The van der Waals surface area contributed by atoms with E-state index in [0.717, 1.165) is 46.6 Å². The van der Waals surface area contributed by atoms with Gasteiger partial charge in [-0.05, 0) is 49.4 Å². The Bertz CT molecular complexity index is 1100. The normalized spacial score (nSPS) is 13.7. The topological polar surface area (TPSA) is 67.8 Å². The van der Waals surface area contributed by atoms with Crippen LogP contribution in [0.1, 0.15) is 5.69 Å². The number of amides is 1. The highest BCUT2D eigenvalue weighted by Crippen LogP contribution is 2.29. The molecule has 0 bridgehead atoms. The molecule has 0 unspecified atom stereocenters. The van der Waals surface area contributed by atoms with Gasteiger partial charge < -0.3 is 19.3 Å². The molecule has 8 heteroatoms. The molecule has 33 heavy (non-hydrogen) atoms. The molecule has 3 aromatic rings. The van der Waals surface area contributed by atoms with Crippen molar-refractivity contribution in [1.82, 2.24) is 14.9 Å². The van der Waals surface area contributed by atoms with Gasteiger partial charge in [-0.3, -0.25) is 4.79 Å². The van der Waals surface area contributed by atoms with Crippen molar-refractivity contribution >= 4 is 23.4 Å². The zero-order chi connectivity index (χ0) is 23.2. The first-order valence-corrected chi connectivity index (χ1v) is 11.8. The van der Waals surface area contributed by atoms with Gasteiger partial charge in [0.15, 0.2) is 5.82 Å². The van der Waals surface area contributed by atoms with E-state index in [1.807, 2.05) is 60.4 Å². The molecule has 1 fully saturated rings. The highest BCUT2D eigenvalue weighted by molar-refractivity contribution is 7.99. The predicted molar refractivity (Wildman–Crippen MR) is 131 cm³/mol. The monoisotopic (exact) mass is 464 g/mol. The molecule has 0 atom stereocenters. The number of piperazine rings is 1. The molecule has 0 N–H and O–H groups in total. The lowest BCUT2D eigenvalue weighted by Crippen LogP contribution is -2.49. The van der Waals surface area contributed by atoms with E-state index < -0.39 is 0 Å².